The highest BCUT2D eigenvalue weighted by Crippen LogP contribution is 2.15. The number of carbonyl (C=O) groups excluding carboxylic acids is 3. The maximum absolute atomic E-state index is 11.6. The lowest BCUT2D eigenvalue weighted by atomic mass is 9.91. The zero-order valence-corrected chi connectivity index (χ0v) is 9.40. The molecule has 1 saturated heterocycles. The van der Waals surface area contributed by atoms with E-state index in [0.29, 0.717) is 12.9 Å². The van der Waals surface area contributed by atoms with Crippen LogP contribution < -0.4 is 5.32 Å². The molecule has 1 aliphatic rings. The summed E-state index contributed by atoms with van der Waals surface area (Å²) in [5, 5.41) is 2.72. The van der Waals surface area contributed by atoms with Crippen molar-refractivity contribution < 1.29 is 19.1 Å². The summed E-state index contributed by atoms with van der Waals surface area (Å²) < 4.78 is 5.01. The quantitative estimate of drug-likeness (QED) is 0.409. The van der Waals surface area contributed by atoms with Crippen LogP contribution in [0.2, 0.25) is 0 Å². The molecule has 1 fully saturated rings. The van der Waals surface area contributed by atoms with Crippen LogP contribution in [0.1, 0.15) is 26.2 Å². The Morgan fingerprint density at radius 3 is 3.00 bits per heavy atom. The molecular formula is C11H17NO4. The van der Waals surface area contributed by atoms with E-state index in [4.69, 9.17) is 4.74 Å². The Balaban J connectivity index is 2.49. The van der Waals surface area contributed by atoms with E-state index in [1.807, 2.05) is 6.92 Å². The average Bonchev–Trinajstić information content (AvgIpc) is 2.29. The number of unbranched alkanes of at least 4 members (excludes halogenated alkanes) is 1. The number of Topliss-reactive ketones (excluding diaryl/α,β-unsaturated/α-hetero) is 1. The van der Waals surface area contributed by atoms with Gasteiger partial charge in [0.1, 0.15) is 12.1 Å². The second kappa shape index (κ2) is 6.37. The van der Waals surface area contributed by atoms with Gasteiger partial charge < -0.3 is 14.8 Å². The first-order chi connectivity index (χ1) is 7.69. The Kier molecular flexibility index (Phi) is 5.11. The van der Waals surface area contributed by atoms with Crippen LogP contribution in [0.25, 0.3) is 0 Å². The summed E-state index contributed by atoms with van der Waals surface area (Å²) in [6.07, 6.45) is 2.50. The lowest BCUT2D eigenvalue weighted by Crippen LogP contribution is -2.50. The van der Waals surface area contributed by atoms with E-state index in [1.165, 1.54) is 0 Å². The molecular weight excluding hydrogens is 210 g/mol. The van der Waals surface area contributed by atoms with Crippen LogP contribution >= 0.6 is 0 Å². The molecule has 1 aliphatic heterocycles. The second-order valence-electron chi connectivity index (χ2n) is 3.91. The molecule has 0 aromatic carbocycles. The average molecular weight is 227 g/mol. The fourth-order valence-corrected chi connectivity index (χ4v) is 1.62. The van der Waals surface area contributed by atoms with Crippen molar-refractivity contribution in [3.63, 3.8) is 0 Å². The van der Waals surface area contributed by atoms with Crippen LogP contribution in [0.15, 0.2) is 0 Å². The predicted molar refractivity (Wildman–Crippen MR) is 56.8 cm³/mol. The summed E-state index contributed by atoms with van der Waals surface area (Å²) in [5.41, 5.74) is 0. The fourth-order valence-electron chi connectivity index (χ4n) is 1.62. The molecule has 0 aromatic rings. The largest absolute Gasteiger partial charge is 0.465 e. The number of ketones is 1. The van der Waals surface area contributed by atoms with Crippen LogP contribution in [0.3, 0.4) is 0 Å². The number of ether oxygens (including phenoxy) is 1. The van der Waals surface area contributed by atoms with Gasteiger partial charge in [-0.2, -0.15) is 0 Å². The maximum Gasteiger partial charge on any atom is 0.311 e. The minimum absolute atomic E-state index is 0.0597. The zero-order chi connectivity index (χ0) is 12.0. The van der Waals surface area contributed by atoms with Gasteiger partial charge in [0.15, 0.2) is 0 Å². The SMILES string of the molecule is CCCCOC(=O)[C@H]1CC(=O)CN[C@@H]1C=O. The van der Waals surface area contributed by atoms with Gasteiger partial charge in [0.25, 0.3) is 0 Å². The summed E-state index contributed by atoms with van der Waals surface area (Å²) in [4.78, 5) is 33.5. The monoisotopic (exact) mass is 227 g/mol. The Bertz CT molecular complexity index is 277. The van der Waals surface area contributed by atoms with Crippen molar-refractivity contribution in [2.75, 3.05) is 13.2 Å². The standard InChI is InChI=1S/C11H17NO4/c1-2-3-4-16-11(15)9-5-8(14)6-12-10(9)7-13/h7,9-10,12H,2-6H2,1H3/t9-,10+/m0/s1. The Morgan fingerprint density at radius 1 is 1.62 bits per heavy atom. The molecule has 0 radical (unpaired) electrons. The molecule has 90 valence electrons. The lowest BCUT2D eigenvalue weighted by molar-refractivity contribution is -0.153. The third-order valence-electron chi connectivity index (χ3n) is 2.61. The van der Waals surface area contributed by atoms with Gasteiger partial charge in [-0.15, -0.1) is 0 Å². The van der Waals surface area contributed by atoms with Crippen molar-refractivity contribution in [1.82, 2.24) is 5.32 Å². The minimum Gasteiger partial charge on any atom is -0.465 e. The summed E-state index contributed by atoms with van der Waals surface area (Å²) in [5.74, 6) is -1.17. The molecule has 0 spiro atoms. The number of hydrogen-bond acceptors (Lipinski definition) is 5. The molecule has 0 aromatic heterocycles. The number of rotatable bonds is 5. The van der Waals surface area contributed by atoms with Crippen LogP contribution in [-0.2, 0) is 19.1 Å². The number of carbonyl (C=O) groups is 3. The Labute approximate surface area is 94.5 Å². The van der Waals surface area contributed by atoms with Crippen molar-refractivity contribution in [1.29, 1.82) is 0 Å². The Hall–Kier alpha value is -1.23. The highest BCUT2D eigenvalue weighted by atomic mass is 16.5. The van der Waals surface area contributed by atoms with E-state index in [-0.39, 0.29) is 18.7 Å². The van der Waals surface area contributed by atoms with Crippen LogP contribution in [-0.4, -0.2) is 37.2 Å². The van der Waals surface area contributed by atoms with E-state index in [2.05, 4.69) is 5.32 Å². The molecule has 2 atom stereocenters. The molecule has 0 saturated carbocycles. The molecule has 16 heavy (non-hydrogen) atoms. The number of hydrogen-bond donors (Lipinski definition) is 1. The smallest absolute Gasteiger partial charge is 0.311 e. The molecule has 1 rings (SSSR count). The number of piperidine rings is 1. The van der Waals surface area contributed by atoms with Crippen molar-refractivity contribution >= 4 is 18.0 Å². The molecule has 1 N–H and O–H groups in total. The lowest BCUT2D eigenvalue weighted by Gasteiger charge is -2.26. The molecule has 1 heterocycles. The normalized spacial score (nSPS) is 25.2. The topological polar surface area (TPSA) is 72.5 Å². The van der Waals surface area contributed by atoms with Gasteiger partial charge in [-0.25, -0.2) is 0 Å². The highest BCUT2D eigenvalue weighted by Gasteiger charge is 2.35. The van der Waals surface area contributed by atoms with Crippen LogP contribution in [0, 0.1) is 5.92 Å². The summed E-state index contributed by atoms with van der Waals surface area (Å²) in [6, 6.07) is -0.591. The maximum atomic E-state index is 11.6. The fraction of sp³-hybridized carbons (Fsp3) is 0.727. The third-order valence-corrected chi connectivity index (χ3v) is 2.61. The van der Waals surface area contributed by atoms with E-state index < -0.39 is 17.9 Å². The second-order valence-corrected chi connectivity index (χ2v) is 3.91. The first kappa shape index (κ1) is 12.8. The molecule has 5 nitrogen and oxygen atoms in total. The van der Waals surface area contributed by atoms with Crippen molar-refractivity contribution in [2.24, 2.45) is 5.92 Å². The minimum atomic E-state index is -0.657. The third kappa shape index (κ3) is 3.41. The molecule has 0 aliphatic carbocycles. The summed E-state index contributed by atoms with van der Waals surface area (Å²) in [6.45, 7) is 2.50. The van der Waals surface area contributed by atoms with Gasteiger partial charge in [0.05, 0.1) is 25.1 Å². The molecule has 5 heteroatoms. The van der Waals surface area contributed by atoms with Crippen LogP contribution in [0.4, 0.5) is 0 Å². The Morgan fingerprint density at radius 2 is 2.38 bits per heavy atom. The van der Waals surface area contributed by atoms with Gasteiger partial charge in [0.2, 0.25) is 0 Å². The summed E-state index contributed by atoms with van der Waals surface area (Å²) in [7, 11) is 0. The van der Waals surface area contributed by atoms with Gasteiger partial charge in [-0.3, -0.25) is 9.59 Å². The predicted octanol–water partition coefficient (Wildman–Crippen LogP) is 0.0758. The van der Waals surface area contributed by atoms with E-state index in [1.54, 1.807) is 0 Å². The summed E-state index contributed by atoms with van der Waals surface area (Å²) >= 11 is 0. The van der Waals surface area contributed by atoms with Crippen molar-refractivity contribution in [3.8, 4) is 0 Å². The van der Waals surface area contributed by atoms with Gasteiger partial charge >= 0.3 is 5.97 Å². The van der Waals surface area contributed by atoms with Gasteiger partial charge in [0, 0.05) is 6.42 Å². The molecule has 0 amide bonds. The van der Waals surface area contributed by atoms with Crippen molar-refractivity contribution in [2.45, 2.75) is 32.2 Å². The zero-order valence-electron chi connectivity index (χ0n) is 9.40. The van der Waals surface area contributed by atoms with E-state index >= 15 is 0 Å². The number of esters is 1. The highest BCUT2D eigenvalue weighted by molar-refractivity contribution is 5.90. The number of nitrogens with one attached hydrogen (secondary N) is 1. The first-order valence-electron chi connectivity index (χ1n) is 5.56. The van der Waals surface area contributed by atoms with E-state index in [0.717, 1.165) is 12.8 Å². The molecule has 0 unspecified atom stereocenters. The van der Waals surface area contributed by atoms with Crippen molar-refractivity contribution in [3.05, 3.63) is 0 Å². The first-order valence-corrected chi connectivity index (χ1v) is 5.56. The number of aldehydes is 1. The molecule has 0 bridgehead atoms. The van der Waals surface area contributed by atoms with Crippen LogP contribution in [0.5, 0.6) is 0 Å². The van der Waals surface area contributed by atoms with E-state index in [9.17, 15) is 14.4 Å². The van der Waals surface area contributed by atoms with Gasteiger partial charge in [-0.1, -0.05) is 13.3 Å². The van der Waals surface area contributed by atoms with Gasteiger partial charge in [-0.05, 0) is 6.42 Å².